The molecule has 0 spiro atoms. The van der Waals surface area contributed by atoms with Crippen molar-refractivity contribution in [3.05, 3.63) is 29.5 Å². The number of carbonyl (C=O) groups is 2. The first-order chi connectivity index (χ1) is 12.4. The molecule has 1 aliphatic heterocycles. The number of hydrogen-bond acceptors (Lipinski definition) is 3. The molecule has 6 heteroatoms. The third-order valence-corrected chi connectivity index (χ3v) is 6.22. The molecule has 1 aromatic heterocycles. The minimum Gasteiger partial charge on any atom is -0.351 e. The van der Waals surface area contributed by atoms with Gasteiger partial charge in [0.2, 0.25) is 5.91 Å². The number of carbonyl (C=O) groups excluding carboxylic acids is 2. The number of likely N-dealkylation sites (tertiary alicyclic amines) is 1. The Kier molecular flexibility index (Phi) is 4.01. The Morgan fingerprint density at radius 3 is 2.73 bits per heavy atom. The quantitative estimate of drug-likeness (QED) is 0.890. The predicted octanol–water partition coefficient (Wildman–Crippen LogP) is 2.78. The second-order valence-electron chi connectivity index (χ2n) is 8.17. The maximum absolute atomic E-state index is 13.1. The highest BCUT2D eigenvalue weighted by atomic mass is 16.2. The highest BCUT2D eigenvalue weighted by Crippen LogP contribution is 2.33. The molecule has 2 amide bonds. The molecule has 1 aliphatic carbocycles. The topological polar surface area (TPSA) is 78.1 Å². The van der Waals surface area contributed by atoms with E-state index in [0.717, 1.165) is 42.3 Å². The summed E-state index contributed by atoms with van der Waals surface area (Å²) in [4.78, 5) is 27.3. The molecule has 2 heterocycles. The number of nitrogens with one attached hydrogen (secondary N) is 2. The number of amides is 2. The van der Waals surface area contributed by atoms with Gasteiger partial charge < -0.3 is 10.2 Å². The van der Waals surface area contributed by atoms with Crippen LogP contribution in [0.5, 0.6) is 0 Å². The van der Waals surface area contributed by atoms with Gasteiger partial charge in [-0.1, -0.05) is 12.5 Å². The number of aryl methyl sites for hydroxylation is 1. The van der Waals surface area contributed by atoms with Gasteiger partial charge in [0.15, 0.2) is 0 Å². The Bertz CT molecular complexity index is 866. The Labute approximate surface area is 153 Å². The molecule has 0 bridgehead atoms. The van der Waals surface area contributed by atoms with Crippen LogP contribution in [-0.2, 0) is 4.79 Å². The molecule has 26 heavy (non-hydrogen) atoms. The van der Waals surface area contributed by atoms with Gasteiger partial charge in [-0.15, -0.1) is 0 Å². The van der Waals surface area contributed by atoms with Crippen LogP contribution in [0.3, 0.4) is 0 Å². The molecule has 4 rings (SSSR count). The van der Waals surface area contributed by atoms with Crippen molar-refractivity contribution in [1.29, 1.82) is 0 Å². The second-order valence-corrected chi connectivity index (χ2v) is 8.17. The van der Waals surface area contributed by atoms with Gasteiger partial charge in [0.25, 0.3) is 5.91 Å². The van der Waals surface area contributed by atoms with Crippen LogP contribution in [0.25, 0.3) is 10.9 Å². The van der Waals surface area contributed by atoms with Gasteiger partial charge in [-0.2, -0.15) is 5.10 Å². The van der Waals surface area contributed by atoms with Gasteiger partial charge in [-0.3, -0.25) is 14.7 Å². The van der Waals surface area contributed by atoms with E-state index in [1.54, 1.807) is 0 Å². The van der Waals surface area contributed by atoms with Gasteiger partial charge in [-0.25, -0.2) is 0 Å². The fourth-order valence-electron chi connectivity index (χ4n) is 4.09. The molecule has 0 radical (unpaired) electrons. The van der Waals surface area contributed by atoms with Crippen LogP contribution in [0.15, 0.2) is 18.2 Å². The maximum Gasteiger partial charge on any atom is 0.254 e. The number of rotatable bonds is 3. The Morgan fingerprint density at radius 2 is 2.04 bits per heavy atom. The molecule has 1 atom stereocenters. The lowest BCUT2D eigenvalue weighted by molar-refractivity contribution is -0.128. The number of fused-ring (bicyclic) bond motifs is 1. The zero-order chi connectivity index (χ0) is 18.5. The van der Waals surface area contributed by atoms with Gasteiger partial charge >= 0.3 is 0 Å². The van der Waals surface area contributed by atoms with E-state index in [1.807, 2.05) is 43.9 Å². The molecular formula is C20H26N4O2. The van der Waals surface area contributed by atoms with Gasteiger partial charge in [0.05, 0.1) is 17.1 Å². The fraction of sp³-hybridized carbons (Fsp3) is 0.550. The largest absolute Gasteiger partial charge is 0.351 e. The van der Waals surface area contributed by atoms with Crippen molar-refractivity contribution in [3.8, 4) is 0 Å². The Hall–Kier alpha value is -2.37. The third-order valence-electron chi connectivity index (χ3n) is 6.22. The van der Waals surface area contributed by atoms with Crippen molar-refractivity contribution in [3.63, 3.8) is 0 Å². The average molecular weight is 354 g/mol. The highest BCUT2D eigenvalue weighted by Gasteiger charge is 2.45. The number of nitrogens with zero attached hydrogens (tertiary/aromatic N) is 2. The second kappa shape index (κ2) is 6.11. The number of H-pyrrole nitrogens is 1. The molecular weight excluding hydrogens is 328 g/mol. The Balaban J connectivity index is 1.52. The zero-order valence-electron chi connectivity index (χ0n) is 15.6. The Morgan fingerprint density at radius 1 is 1.27 bits per heavy atom. The molecule has 1 saturated carbocycles. The van der Waals surface area contributed by atoms with Crippen molar-refractivity contribution in [2.45, 2.75) is 58.0 Å². The maximum atomic E-state index is 13.1. The summed E-state index contributed by atoms with van der Waals surface area (Å²) in [7, 11) is 0. The first-order valence-corrected chi connectivity index (χ1v) is 9.45. The molecule has 2 N–H and O–H groups in total. The van der Waals surface area contributed by atoms with E-state index in [2.05, 4.69) is 15.5 Å². The van der Waals surface area contributed by atoms with Crippen LogP contribution < -0.4 is 5.32 Å². The summed E-state index contributed by atoms with van der Waals surface area (Å²) in [6.07, 6.45) is 3.92. The number of aromatic nitrogens is 2. The van der Waals surface area contributed by atoms with Crippen molar-refractivity contribution in [2.75, 3.05) is 6.54 Å². The summed E-state index contributed by atoms with van der Waals surface area (Å²) in [6, 6.07) is 5.65. The lowest BCUT2D eigenvalue weighted by Crippen LogP contribution is -2.55. The summed E-state index contributed by atoms with van der Waals surface area (Å²) < 4.78 is 0. The van der Waals surface area contributed by atoms with Crippen molar-refractivity contribution in [1.82, 2.24) is 20.4 Å². The zero-order valence-corrected chi connectivity index (χ0v) is 15.6. The molecule has 1 aromatic carbocycles. The summed E-state index contributed by atoms with van der Waals surface area (Å²) >= 11 is 0. The fourth-order valence-corrected chi connectivity index (χ4v) is 4.09. The first kappa shape index (κ1) is 17.1. The lowest BCUT2D eigenvalue weighted by Gasteiger charge is -2.37. The average Bonchev–Trinajstić information content (AvgIpc) is 3.05. The lowest BCUT2D eigenvalue weighted by atomic mass is 9.84. The van der Waals surface area contributed by atoms with Crippen LogP contribution in [0.1, 0.15) is 55.6 Å². The minimum atomic E-state index is -0.410. The normalized spacial score (nSPS) is 22.4. The molecule has 2 fully saturated rings. The molecule has 6 nitrogen and oxygen atoms in total. The van der Waals surface area contributed by atoms with Crippen molar-refractivity contribution < 1.29 is 9.59 Å². The number of hydrogen-bond donors (Lipinski definition) is 2. The van der Waals surface area contributed by atoms with E-state index in [0.29, 0.717) is 12.1 Å². The van der Waals surface area contributed by atoms with Gasteiger partial charge in [0, 0.05) is 29.1 Å². The van der Waals surface area contributed by atoms with Crippen LogP contribution in [0, 0.1) is 12.8 Å². The van der Waals surface area contributed by atoms with Gasteiger partial charge in [-0.05, 0) is 52.2 Å². The number of benzene rings is 1. The standard InChI is InChI=1S/C20H26N4O2/c1-12-15-8-7-14(11-16(15)23-22-12)19(26)24-10-9-17(20(24,2)3)21-18(25)13-5-4-6-13/h7-8,11,13,17H,4-6,9-10H2,1-3H3,(H,21,25)(H,22,23). The third kappa shape index (κ3) is 2.68. The van der Waals surface area contributed by atoms with E-state index in [4.69, 9.17) is 0 Å². The summed E-state index contributed by atoms with van der Waals surface area (Å²) in [5.74, 6) is 0.316. The van der Waals surface area contributed by atoms with Crippen LogP contribution >= 0.6 is 0 Å². The highest BCUT2D eigenvalue weighted by molar-refractivity contribution is 5.98. The first-order valence-electron chi connectivity index (χ1n) is 9.45. The summed E-state index contributed by atoms with van der Waals surface area (Å²) in [5, 5.41) is 11.4. The van der Waals surface area contributed by atoms with Crippen LogP contribution in [-0.4, -0.2) is 45.0 Å². The smallest absolute Gasteiger partial charge is 0.254 e. The van der Waals surface area contributed by atoms with Crippen LogP contribution in [0.2, 0.25) is 0 Å². The number of aromatic amines is 1. The van der Waals surface area contributed by atoms with E-state index >= 15 is 0 Å². The van der Waals surface area contributed by atoms with E-state index in [1.165, 1.54) is 0 Å². The SMILES string of the molecule is Cc1[nH]nc2cc(C(=O)N3CCC(NC(=O)C4CCC4)C3(C)C)ccc12. The summed E-state index contributed by atoms with van der Waals surface area (Å²) in [6.45, 7) is 6.70. The van der Waals surface area contributed by atoms with E-state index in [-0.39, 0.29) is 23.8 Å². The van der Waals surface area contributed by atoms with Crippen LogP contribution in [0.4, 0.5) is 0 Å². The molecule has 2 aromatic rings. The molecule has 138 valence electrons. The molecule has 1 saturated heterocycles. The molecule has 2 aliphatic rings. The van der Waals surface area contributed by atoms with Crippen molar-refractivity contribution >= 4 is 22.7 Å². The van der Waals surface area contributed by atoms with Gasteiger partial charge in [0.1, 0.15) is 0 Å². The van der Waals surface area contributed by atoms with E-state index in [9.17, 15) is 9.59 Å². The van der Waals surface area contributed by atoms with E-state index < -0.39 is 5.54 Å². The summed E-state index contributed by atoms with van der Waals surface area (Å²) in [5.41, 5.74) is 2.04. The minimum absolute atomic E-state index is 0.00190. The molecule has 1 unspecified atom stereocenters. The monoisotopic (exact) mass is 354 g/mol. The predicted molar refractivity (Wildman–Crippen MR) is 99.8 cm³/mol. The van der Waals surface area contributed by atoms with Crippen molar-refractivity contribution in [2.24, 2.45) is 5.92 Å².